The van der Waals surface area contributed by atoms with E-state index in [4.69, 9.17) is 33.0 Å². The molecule has 1 unspecified atom stereocenters. The number of aliphatic carboxylic acids is 1. The second-order valence-electron chi connectivity index (χ2n) is 5.03. The lowest BCUT2D eigenvalue weighted by Crippen LogP contribution is -2.20. The van der Waals surface area contributed by atoms with Crippen LogP contribution >= 0.6 is 23.2 Å². The highest BCUT2D eigenvalue weighted by Crippen LogP contribution is 2.20. The molecule has 1 aromatic carbocycles. The van der Waals surface area contributed by atoms with E-state index in [-0.39, 0.29) is 12.0 Å². The summed E-state index contributed by atoms with van der Waals surface area (Å²) in [4.78, 5) is 33.5. The van der Waals surface area contributed by atoms with E-state index in [9.17, 15) is 14.4 Å². The van der Waals surface area contributed by atoms with Crippen molar-refractivity contribution in [1.82, 2.24) is 0 Å². The zero-order chi connectivity index (χ0) is 18.3. The standard InChI is InChI=1S/C16H16Cl2O6/c1-9(16(22)23-8-14(19)20)3-15(21)24-10(2)4-11-5-12(17)7-13(18)6-11/h5-7,10H,1,3-4,8H2,2H3,(H,19,20). The fourth-order valence-electron chi connectivity index (χ4n) is 1.84. The highest BCUT2D eigenvalue weighted by atomic mass is 35.5. The molecule has 0 radical (unpaired) electrons. The number of carboxylic acid groups (broad SMARTS) is 1. The van der Waals surface area contributed by atoms with Gasteiger partial charge < -0.3 is 14.6 Å². The molecule has 0 bridgehead atoms. The summed E-state index contributed by atoms with van der Waals surface area (Å²) < 4.78 is 9.59. The third kappa shape index (κ3) is 7.48. The van der Waals surface area contributed by atoms with Crippen LogP contribution in [0.3, 0.4) is 0 Å². The first-order chi connectivity index (χ1) is 11.2. The predicted octanol–water partition coefficient (Wildman–Crippen LogP) is 3.04. The minimum Gasteiger partial charge on any atom is -0.479 e. The van der Waals surface area contributed by atoms with Crippen molar-refractivity contribution >= 4 is 41.1 Å². The lowest BCUT2D eigenvalue weighted by Gasteiger charge is -2.14. The van der Waals surface area contributed by atoms with E-state index in [1.165, 1.54) is 0 Å². The lowest BCUT2D eigenvalue weighted by molar-refractivity contribution is -0.153. The van der Waals surface area contributed by atoms with Gasteiger partial charge in [-0.2, -0.15) is 0 Å². The SMILES string of the molecule is C=C(CC(=O)OC(C)Cc1cc(Cl)cc(Cl)c1)C(=O)OCC(=O)O. The average molecular weight is 375 g/mol. The van der Waals surface area contributed by atoms with Crippen LogP contribution in [-0.4, -0.2) is 35.7 Å². The molecule has 1 aromatic rings. The summed E-state index contributed by atoms with van der Waals surface area (Å²) in [5, 5.41) is 9.36. The lowest BCUT2D eigenvalue weighted by atomic mass is 10.1. The maximum Gasteiger partial charge on any atom is 0.341 e. The molecule has 6 nitrogen and oxygen atoms in total. The highest BCUT2D eigenvalue weighted by molar-refractivity contribution is 6.34. The molecular formula is C16H16Cl2O6. The summed E-state index contributed by atoms with van der Waals surface area (Å²) in [5.74, 6) is -2.93. The zero-order valence-electron chi connectivity index (χ0n) is 12.9. The fraction of sp³-hybridized carbons (Fsp3) is 0.312. The van der Waals surface area contributed by atoms with Crippen molar-refractivity contribution in [2.45, 2.75) is 25.9 Å². The number of halogens is 2. The molecule has 0 aliphatic rings. The average Bonchev–Trinajstić information content (AvgIpc) is 2.42. The highest BCUT2D eigenvalue weighted by Gasteiger charge is 2.17. The molecule has 0 aromatic heterocycles. The van der Waals surface area contributed by atoms with Crippen molar-refractivity contribution in [1.29, 1.82) is 0 Å². The van der Waals surface area contributed by atoms with Gasteiger partial charge in [0, 0.05) is 22.0 Å². The van der Waals surface area contributed by atoms with Crippen molar-refractivity contribution in [2.24, 2.45) is 0 Å². The third-order valence-corrected chi connectivity index (χ3v) is 3.19. The molecule has 1 atom stereocenters. The largest absolute Gasteiger partial charge is 0.479 e. The fourth-order valence-corrected chi connectivity index (χ4v) is 2.42. The Morgan fingerprint density at radius 2 is 1.79 bits per heavy atom. The van der Waals surface area contributed by atoms with Crippen LogP contribution in [0.4, 0.5) is 0 Å². The van der Waals surface area contributed by atoms with Gasteiger partial charge in [-0.25, -0.2) is 9.59 Å². The number of hydrogen-bond donors (Lipinski definition) is 1. The van der Waals surface area contributed by atoms with Crippen molar-refractivity contribution in [2.75, 3.05) is 6.61 Å². The van der Waals surface area contributed by atoms with Crippen molar-refractivity contribution in [3.05, 3.63) is 46.0 Å². The van der Waals surface area contributed by atoms with Crippen molar-refractivity contribution in [3.63, 3.8) is 0 Å². The first-order valence-corrected chi connectivity index (χ1v) is 7.64. The van der Waals surface area contributed by atoms with Gasteiger partial charge >= 0.3 is 17.9 Å². The van der Waals surface area contributed by atoms with Gasteiger partial charge in [0.1, 0.15) is 6.10 Å². The Bertz CT molecular complexity index is 636. The summed E-state index contributed by atoms with van der Waals surface area (Å²) in [6, 6.07) is 5.01. The van der Waals surface area contributed by atoms with Crippen molar-refractivity contribution in [3.8, 4) is 0 Å². The maximum atomic E-state index is 11.8. The number of benzene rings is 1. The molecule has 0 saturated carbocycles. The monoisotopic (exact) mass is 374 g/mol. The molecule has 0 amide bonds. The van der Waals surface area contributed by atoms with Crippen LogP contribution in [0.1, 0.15) is 18.9 Å². The van der Waals surface area contributed by atoms with E-state index in [0.717, 1.165) is 5.56 Å². The van der Waals surface area contributed by atoms with Gasteiger partial charge in [-0.3, -0.25) is 4.79 Å². The van der Waals surface area contributed by atoms with Crippen LogP contribution in [0, 0.1) is 0 Å². The Morgan fingerprint density at radius 1 is 1.21 bits per heavy atom. The Morgan fingerprint density at radius 3 is 2.33 bits per heavy atom. The van der Waals surface area contributed by atoms with Gasteiger partial charge in [0.25, 0.3) is 0 Å². The Hall–Kier alpha value is -2.05. The topological polar surface area (TPSA) is 89.9 Å². The zero-order valence-corrected chi connectivity index (χ0v) is 14.4. The molecule has 0 heterocycles. The van der Waals surface area contributed by atoms with Gasteiger partial charge in [0.2, 0.25) is 0 Å². The van der Waals surface area contributed by atoms with Crippen LogP contribution in [0.15, 0.2) is 30.4 Å². The van der Waals surface area contributed by atoms with E-state index >= 15 is 0 Å². The Labute approximate surface area is 149 Å². The second kappa shape index (κ2) is 9.30. The quantitative estimate of drug-likeness (QED) is 0.555. The summed E-state index contributed by atoms with van der Waals surface area (Å²) in [6.45, 7) is 4.27. The van der Waals surface area contributed by atoms with Crippen LogP contribution in [0.25, 0.3) is 0 Å². The van der Waals surface area contributed by atoms with Crippen LogP contribution < -0.4 is 0 Å². The van der Waals surface area contributed by atoms with E-state index in [1.54, 1.807) is 25.1 Å². The summed E-state index contributed by atoms with van der Waals surface area (Å²) >= 11 is 11.8. The minimum atomic E-state index is -1.30. The van der Waals surface area contributed by atoms with Crippen LogP contribution in [-0.2, 0) is 30.3 Å². The van der Waals surface area contributed by atoms with Gasteiger partial charge in [-0.15, -0.1) is 0 Å². The Balaban J connectivity index is 2.47. The van der Waals surface area contributed by atoms with Gasteiger partial charge in [0.15, 0.2) is 6.61 Å². The molecule has 0 aliphatic carbocycles. The minimum absolute atomic E-state index is 0.181. The molecule has 130 valence electrons. The molecule has 0 fully saturated rings. The molecule has 0 aliphatic heterocycles. The number of hydrogen-bond acceptors (Lipinski definition) is 5. The van der Waals surface area contributed by atoms with E-state index in [1.807, 2.05) is 0 Å². The summed E-state index contributed by atoms with van der Waals surface area (Å²) in [5.41, 5.74) is 0.617. The van der Waals surface area contributed by atoms with E-state index in [2.05, 4.69) is 11.3 Å². The number of esters is 2. The number of carbonyl (C=O) groups excluding carboxylic acids is 2. The van der Waals surface area contributed by atoms with Crippen LogP contribution in [0.5, 0.6) is 0 Å². The van der Waals surface area contributed by atoms with Crippen molar-refractivity contribution < 1.29 is 29.0 Å². The smallest absolute Gasteiger partial charge is 0.341 e. The molecule has 0 saturated heterocycles. The van der Waals surface area contributed by atoms with E-state index in [0.29, 0.717) is 16.5 Å². The molecule has 8 heteroatoms. The normalized spacial score (nSPS) is 11.5. The molecule has 24 heavy (non-hydrogen) atoms. The summed E-state index contributed by atoms with van der Waals surface area (Å²) in [7, 11) is 0. The summed E-state index contributed by atoms with van der Waals surface area (Å²) in [6.07, 6.45) is -0.476. The molecule has 1 N–H and O–H groups in total. The van der Waals surface area contributed by atoms with Crippen LogP contribution in [0.2, 0.25) is 10.0 Å². The number of ether oxygens (including phenoxy) is 2. The number of carbonyl (C=O) groups is 3. The van der Waals surface area contributed by atoms with Gasteiger partial charge in [-0.1, -0.05) is 29.8 Å². The molecule has 1 rings (SSSR count). The number of carboxylic acids is 1. The second-order valence-corrected chi connectivity index (χ2v) is 5.91. The predicted molar refractivity (Wildman–Crippen MR) is 88.1 cm³/mol. The first-order valence-electron chi connectivity index (χ1n) is 6.88. The molecular weight excluding hydrogens is 359 g/mol. The maximum absolute atomic E-state index is 11.8. The Kier molecular flexibility index (Phi) is 7.74. The first kappa shape index (κ1) is 20.0. The number of rotatable bonds is 8. The molecule has 0 spiro atoms. The third-order valence-electron chi connectivity index (χ3n) is 2.75. The van der Waals surface area contributed by atoms with Gasteiger partial charge in [-0.05, 0) is 30.7 Å². The van der Waals surface area contributed by atoms with E-state index < -0.39 is 30.6 Å². The van der Waals surface area contributed by atoms with Gasteiger partial charge in [0.05, 0.1) is 6.42 Å².